The van der Waals surface area contributed by atoms with Crippen LogP contribution in [0.25, 0.3) is 0 Å². The summed E-state index contributed by atoms with van der Waals surface area (Å²) in [7, 11) is 0. The minimum Gasteiger partial charge on any atom is -0.389 e. The van der Waals surface area contributed by atoms with Crippen molar-refractivity contribution in [2.75, 3.05) is 5.32 Å². The van der Waals surface area contributed by atoms with E-state index in [1.807, 2.05) is 32.0 Å². The normalized spacial score (nSPS) is 10.2. The van der Waals surface area contributed by atoms with Gasteiger partial charge in [0.2, 0.25) is 0 Å². The van der Waals surface area contributed by atoms with Crippen molar-refractivity contribution in [1.82, 2.24) is 0 Å². The molecule has 0 saturated carbocycles. The van der Waals surface area contributed by atoms with Crippen LogP contribution in [0.5, 0.6) is 0 Å². The van der Waals surface area contributed by atoms with E-state index < -0.39 is 5.82 Å². The van der Waals surface area contributed by atoms with E-state index in [2.05, 4.69) is 5.32 Å². The van der Waals surface area contributed by atoms with Crippen LogP contribution in [-0.4, -0.2) is 10.9 Å². The highest BCUT2D eigenvalue weighted by atomic mass is 32.1. The summed E-state index contributed by atoms with van der Waals surface area (Å²) in [4.78, 5) is 12.3. The Morgan fingerprint density at radius 1 is 1.19 bits per heavy atom. The molecule has 0 aliphatic carbocycles. The van der Waals surface area contributed by atoms with Crippen molar-refractivity contribution in [1.29, 1.82) is 0 Å². The summed E-state index contributed by atoms with van der Waals surface area (Å²) >= 11 is 4.78. The maximum atomic E-state index is 13.5. The zero-order valence-electron chi connectivity index (χ0n) is 11.7. The van der Waals surface area contributed by atoms with Gasteiger partial charge >= 0.3 is 0 Å². The molecule has 3 nitrogen and oxygen atoms in total. The zero-order valence-corrected chi connectivity index (χ0v) is 12.6. The number of rotatable bonds is 3. The van der Waals surface area contributed by atoms with Crippen LogP contribution in [0, 0.1) is 19.7 Å². The fraction of sp³-hybridized carbons (Fsp3) is 0.125. The standard InChI is InChI=1S/C16H15FN2OS/c1-9-4-3-5-10(2)14(9)16(20)19-11-6-7-13(17)12(8-11)15(18)21/h3-8H,1-2H3,(H2,18,21)(H,19,20). The molecule has 0 unspecified atom stereocenters. The van der Waals surface area contributed by atoms with E-state index in [4.69, 9.17) is 18.0 Å². The first-order chi connectivity index (χ1) is 9.90. The highest BCUT2D eigenvalue weighted by molar-refractivity contribution is 7.80. The van der Waals surface area contributed by atoms with Gasteiger partial charge < -0.3 is 11.1 Å². The van der Waals surface area contributed by atoms with E-state index in [0.29, 0.717) is 11.3 Å². The summed E-state index contributed by atoms with van der Waals surface area (Å²) in [6.07, 6.45) is 0. The Morgan fingerprint density at radius 2 is 1.81 bits per heavy atom. The summed E-state index contributed by atoms with van der Waals surface area (Å²) < 4.78 is 13.5. The number of benzene rings is 2. The van der Waals surface area contributed by atoms with Crippen LogP contribution in [-0.2, 0) is 0 Å². The molecule has 3 N–H and O–H groups in total. The maximum Gasteiger partial charge on any atom is 0.256 e. The number of nitrogens with one attached hydrogen (secondary N) is 1. The summed E-state index contributed by atoms with van der Waals surface area (Å²) in [5.74, 6) is -0.751. The number of carbonyl (C=O) groups excluding carboxylic acids is 1. The summed E-state index contributed by atoms with van der Waals surface area (Å²) in [5.41, 5.74) is 8.39. The molecular weight excluding hydrogens is 287 g/mol. The molecule has 5 heteroatoms. The van der Waals surface area contributed by atoms with Crippen LogP contribution in [0.4, 0.5) is 10.1 Å². The van der Waals surface area contributed by atoms with Gasteiger partial charge in [-0.3, -0.25) is 4.79 Å². The van der Waals surface area contributed by atoms with Crippen LogP contribution in [0.2, 0.25) is 0 Å². The smallest absolute Gasteiger partial charge is 0.256 e. The van der Waals surface area contributed by atoms with Crippen LogP contribution in [0.1, 0.15) is 27.0 Å². The SMILES string of the molecule is Cc1cccc(C)c1C(=O)Nc1ccc(F)c(C(N)=S)c1. The Hall–Kier alpha value is -2.27. The van der Waals surface area contributed by atoms with Gasteiger partial charge in [0.25, 0.3) is 5.91 Å². The van der Waals surface area contributed by atoms with Gasteiger partial charge in [0.15, 0.2) is 0 Å². The molecule has 0 saturated heterocycles. The molecule has 0 aliphatic rings. The van der Waals surface area contributed by atoms with Crippen molar-refractivity contribution in [2.45, 2.75) is 13.8 Å². The monoisotopic (exact) mass is 302 g/mol. The lowest BCUT2D eigenvalue weighted by molar-refractivity contribution is 0.102. The van der Waals surface area contributed by atoms with E-state index >= 15 is 0 Å². The summed E-state index contributed by atoms with van der Waals surface area (Å²) in [6, 6.07) is 9.77. The third kappa shape index (κ3) is 3.25. The van der Waals surface area contributed by atoms with Gasteiger partial charge in [0.1, 0.15) is 10.8 Å². The van der Waals surface area contributed by atoms with E-state index in [9.17, 15) is 9.18 Å². The predicted molar refractivity (Wildman–Crippen MR) is 86.2 cm³/mol. The molecule has 0 aromatic heterocycles. The van der Waals surface area contributed by atoms with Crippen molar-refractivity contribution in [2.24, 2.45) is 5.73 Å². The number of anilines is 1. The Balaban J connectivity index is 2.32. The van der Waals surface area contributed by atoms with Crippen molar-refractivity contribution in [3.8, 4) is 0 Å². The zero-order chi connectivity index (χ0) is 15.6. The molecule has 21 heavy (non-hydrogen) atoms. The van der Waals surface area contributed by atoms with E-state index in [1.165, 1.54) is 18.2 Å². The highest BCUT2D eigenvalue weighted by Crippen LogP contribution is 2.18. The Bertz CT molecular complexity index is 708. The minimum atomic E-state index is -0.507. The van der Waals surface area contributed by atoms with Crippen LogP contribution in [0.3, 0.4) is 0 Å². The second-order valence-corrected chi connectivity index (χ2v) is 5.22. The molecule has 0 heterocycles. The number of halogens is 1. The number of carbonyl (C=O) groups is 1. The molecule has 1 amide bonds. The first-order valence-electron chi connectivity index (χ1n) is 6.37. The van der Waals surface area contributed by atoms with Crippen molar-refractivity contribution in [3.05, 3.63) is 64.5 Å². The van der Waals surface area contributed by atoms with Gasteiger partial charge in [-0.1, -0.05) is 30.4 Å². The third-order valence-electron chi connectivity index (χ3n) is 3.20. The average molecular weight is 302 g/mol. The van der Waals surface area contributed by atoms with E-state index in [0.717, 1.165) is 11.1 Å². The first-order valence-corrected chi connectivity index (χ1v) is 6.78. The molecule has 0 spiro atoms. The predicted octanol–water partition coefficient (Wildman–Crippen LogP) is 3.33. The Kier molecular flexibility index (Phi) is 4.33. The number of hydrogen-bond acceptors (Lipinski definition) is 2. The summed E-state index contributed by atoms with van der Waals surface area (Å²) in [5, 5.41) is 2.74. The second kappa shape index (κ2) is 6.01. The lowest BCUT2D eigenvalue weighted by Gasteiger charge is -2.11. The van der Waals surface area contributed by atoms with Gasteiger partial charge in [0, 0.05) is 16.8 Å². The van der Waals surface area contributed by atoms with Gasteiger partial charge in [-0.15, -0.1) is 0 Å². The highest BCUT2D eigenvalue weighted by Gasteiger charge is 2.13. The van der Waals surface area contributed by atoms with Gasteiger partial charge in [0.05, 0.1) is 0 Å². The third-order valence-corrected chi connectivity index (χ3v) is 3.42. The number of amides is 1. The molecular formula is C16H15FN2OS. The Labute approximate surface area is 128 Å². The second-order valence-electron chi connectivity index (χ2n) is 4.78. The lowest BCUT2D eigenvalue weighted by atomic mass is 10.0. The topological polar surface area (TPSA) is 55.1 Å². The number of aryl methyl sites for hydroxylation is 2. The fourth-order valence-electron chi connectivity index (χ4n) is 2.16. The quantitative estimate of drug-likeness (QED) is 0.855. The summed E-state index contributed by atoms with van der Waals surface area (Å²) in [6.45, 7) is 3.74. The number of nitrogens with two attached hydrogens (primary N) is 1. The van der Waals surface area contributed by atoms with Crippen molar-refractivity contribution in [3.63, 3.8) is 0 Å². The molecule has 2 aromatic rings. The van der Waals surface area contributed by atoms with E-state index in [1.54, 1.807) is 0 Å². The van der Waals surface area contributed by atoms with Crippen LogP contribution in [0.15, 0.2) is 36.4 Å². The molecule has 0 bridgehead atoms. The fourth-order valence-corrected chi connectivity index (χ4v) is 2.31. The van der Waals surface area contributed by atoms with Crippen molar-refractivity contribution >= 4 is 28.8 Å². The first kappa shape index (κ1) is 15.1. The van der Waals surface area contributed by atoms with Crippen LogP contribution >= 0.6 is 12.2 Å². The number of thiocarbonyl (C=S) groups is 1. The number of hydrogen-bond donors (Lipinski definition) is 2. The van der Waals surface area contributed by atoms with Gasteiger partial charge in [-0.2, -0.15) is 0 Å². The Morgan fingerprint density at radius 3 is 2.38 bits per heavy atom. The minimum absolute atomic E-state index is 0.0457. The average Bonchev–Trinajstić information content (AvgIpc) is 2.40. The van der Waals surface area contributed by atoms with Gasteiger partial charge in [-0.05, 0) is 43.2 Å². The van der Waals surface area contributed by atoms with Gasteiger partial charge in [-0.25, -0.2) is 4.39 Å². The molecule has 2 rings (SSSR count). The molecule has 0 radical (unpaired) electrons. The van der Waals surface area contributed by atoms with Crippen LogP contribution < -0.4 is 11.1 Å². The molecule has 0 fully saturated rings. The molecule has 108 valence electrons. The lowest BCUT2D eigenvalue weighted by Crippen LogP contribution is -2.17. The molecule has 2 aromatic carbocycles. The molecule has 0 atom stereocenters. The molecule has 0 aliphatic heterocycles. The van der Waals surface area contributed by atoms with E-state index in [-0.39, 0.29) is 16.5 Å². The maximum absolute atomic E-state index is 13.5. The van der Waals surface area contributed by atoms with Crippen molar-refractivity contribution < 1.29 is 9.18 Å². The largest absolute Gasteiger partial charge is 0.389 e.